The highest BCUT2D eigenvalue weighted by atomic mass is 35.5. The molecule has 0 bridgehead atoms. The van der Waals surface area contributed by atoms with Crippen molar-refractivity contribution in [3.63, 3.8) is 0 Å². The van der Waals surface area contributed by atoms with Crippen molar-refractivity contribution in [3.05, 3.63) is 58.9 Å². The van der Waals surface area contributed by atoms with Gasteiger partial charge in [-0.2, -0.15) is 0 Å². The number of thioether (sulfide) groups is 1. The fourth-order valence-corrected chi connectivity index (χ4v) is 3.81. The maximum atomic E-state index is 14.0. The maximum Gasteiger partial charge on any atom is 0.247 e. The van der Waals surface area contributed by atoms with Gasteiger partial charge >= 0.3 is 0 Å². The second-order valence-electron chi connectivity index (χ2n) is 5.95. The molecule has 0 aliphatic carbocycles. The first-order valence-electron chi connectivity index (χ1n) is 8.18. The SMILES string of the molecule is CN=C(Nc1ccc(C)c(Cl)c1)S[C@@H]1CC(=O)N(c2ccccc2F)C1=O. The zero-order valence-electron chi connectivity index (χ0n) is 14.7. The van der Waals surface area contributed by atoms with Crippen LogP contribution in [0.2, 0.25) is 5.02 Å². The zero-order chi connectivity index (χ0) is 19.6. The highest BCUT2D eigenvalue weighted by molar-refractivity contribution is 8.15. The van der Waals surface area contributed by atoms with Gasteiger partial charge in [0, 0.05) is 24.2 Å². The van der Waals surface area contributed by atoms with E-state index in [1.807, 2.05) is 19.1 Å². The molecule has 1 aliphatic rings. The fraction of sp³-hybridized carbons (Fsp3) is 0.211. The lowest BCUT2D eigenvalue weighted by Crippen LogP contribution is -2.32. The van der Waals surface area contributed by atoms with Crippen molar-refractivity contribution in [1.29, 1.82) is 0 Å². The largest absolute Gasteiger partial charge is 0.335 e. The summed E-state index contributed by atoms with van der Waals surface area (Å²) in [5.41, 5.74) is 1.65. The van der Waals surface area contributed by atoms with Crippen LogP contribution in [0.15, 0.2) is 47.5 Å². The molecule has 27 heavy (non-hydrogen) atoms. The topological polar surface area (TPSA) is 61.8 Å². The quantitative estimate of drug-likeness (QED) is 0.471. The summed E-state index contributed by atoms with van der Waals surface area (Å²) in [6.45, 7) is 1.90. The van der Waals surface area contributed by atoms with Gasteiger partial charge in [-0.25, -0.2) is 9.29 Å². The number of carbonyl (C=O) groups is 2. The third-order valence-electron chi connectivity index (χ3n) is 4.08. The third kappa shape index (κ3) is 4.14. The van der Waals surface area contributed by atoms with Crippen molar-refractivity contribution < 1.29 is 14.0 Å². The molecule has 1 N–H and O–H groups in total. The summed E-state index contributed by atoms with van der Waals surface area (Å²) >= 11 is 7.26. The minimum absolute atomic E-state index is 0.0206. The van der Waals surface area contributed by atoms with Gasteiger partial charge in [-0.1, -0.05) is 41.6 Å². The Hall–Kier alpha value is -2.38. The molecule has 1 atom stereocenters. The Kier molecular flexibility index (Phi) is 5.82. The van der Waals surface area contributed by atoms with E-state index in [1.165, 1.54) is 18.2 Å². The molecule has 2 aromatic rings. The Morgan fingerprint density at radius 1 is 1.30 bits per heavy atom. The number of amidine groups is 1. The lowest BCUT2D eigenvalue weighted by molar-refractivity contribution is -0.121. The Labute approximate surface area is 165 Å². The molecule has 0 unspecified atom stereocenters. The predicted octanol–water partition coefficient (Wildman–Crippen LogP) is 4.25. The van der Waals surface area contributed by atoms with E-state index in [1.54, 1.807) is 19.2 Å². The number of carbonyl (C=O) groups excluding carboxylic acids is 2. The number of amides is 2. The maximum absolute atomic E-state index is 14.0. The van der Waals surface area contributed by atoms with E-state index in [0.29, 0.717) is 10.2 Å². The Morgan fingerprint density at radius 3 is 2.70 bits per heavy atom. The Bertz CT molecular complexity index is 935. The highest BCUT2D eigenvalue weighted by Crippen LogP contribution is 2.32. The summed E-state index contributed by atoms with van der Waals surface area (Å²) < 4.78 is 14.0. The highest BCUT2D eigenvalue weighted by Gasteiger charge is 2.41. The van der Waals surface area contributed by atoms with Gasteiger partial charge in [-0.05, 0) is 36.8 Å². The number of nitrogens with one attached hydrogen (secondary N) is 1. The molecule has 5 nitrogen and oxygen atoms in total. The van der Waals surface area contributed by atoms with E-state index in [9.17, 15) is 14.0 Å². The van der Waals surface area contributed by atoms with Crippen molar-refractivity contribution in [2.24, 2.45) is 4.99 Å². The summed E-state index contributed by atoms with van der Waals surface area (Å²) in [6.07, 6.45) is -0.0206. The average molecular weight is 406 g/mol. The molecule has 8 heteroatoms. The van der Waals surface area contributed by atoms with E-state index < -0.39 is 22.9 Å². The molecule has 1 aliphatic heterocycles. The van der Waals surface area contributed by atoms with Gasteiger partial charge in [0.05, 0.1) is 5.69 Å². The second-order valence-corrected chi connectivity index (χ2v) is 7.55. The van der Waals surface area contributed by atoms with Crippen LogP contribution in [0.4, 0.5) is 15.8 Å². The lowest BCUT2D eigenvalue weighted by atomic mass is 10.2. The molecular weight excluding hydrogens is 389 g/mol. The van der Waals surface area contributed by atoms with Gasteiger partial charge in [-0.3, -0.25) is 14.6 Å². The molecule has 1 saturated heterocycles. The first-order valence-corrected chi connectivity index (χ1v) is 9.44. The van der Waals surface area contributed by atoms with Crippen molar-refractivity contribution in [2.45, 2.75) is 18.6 Å². The fourth-order valence-electron chi connectivity index (χ4n) is 2.65. The molecule has 0 saturated carbocycles. The number of imide groups is 1. The van der Waals surface area contributed by atoms with Crippen molar-refractivity contribution in [2.75, 3.05) is 17.3 Å². The lowest BCUT2D eigenvalue weighted by Gasteiger charge is -2.16. The van der Waals surface area contributed by atoms with Crippen molar-refractivity contribution in [3.8, 4) is 0 Å². The summed E-state index contributed by atoms with van der Waals surface area (Å²) in [5, 5.41) is 3.50. The van der Waals surface area contributed by atoms with E-state index in [0.717, 1.165) is 27.9 Å². The molecule has 3 rings (SSSR count). The standard InChI is InChI=1S/C19H17ClFN3O2S/c1-11-7-8-12(9-13(11)20)23-19(22-2)27-16-10-17(25)24(18(16)26)15-6-4-3-5-14(15)21/h3-9,16H,10H2,1-2H3,(H,22,23)/t16-/m1/s1. The van der Waals surface area contributed by atoms with Gasteiger partial charge in [0.2, 0.25) is 11.8 Å². The number of aryl methyl sites for hydroxylation is 1. The van der Waals surface area contributed by atoms with Crippen LogP contribution in [0.1, 0.15) is 12.0 Å². The zero-order valence-corrected chi connectivity index (χ0v) is 16.3. The summed E-state index contributed by atoms with van der Waals surface area (Å²) in [4.78, 5) is 30.0. The van der Waals surface area contributed by atoms with Crippen LogP contribution in [0.25, 0.3) is 0 Å². The number of halogens is 2. The summed E-state index contributed by atoms with van der Waals surface area (Å²) in [6, 6.07) is 11.2. The number of aliphatic imine (C=N–C) groups is 1. The molecular formula is C19H17ClFN3O2S. The number of nitrogens with zero attached hydrogens (tertiary/aromatic N) is 2. The molecule has 1 heterocycles. The van der Waals surface area contributed by atoms with E-state index >= 15 is 0 Å². The van der Waals surface area contributed by atoms with E-state index in [-0.39, 0.29) is 12.1 Å². The van der Waals surface area contributed by atoms with Crippen LogP contribution in [0.3, 0.4) is 0 Å². The van der Waals surface area contributed by atoms with Crippen molar-refractivity contribution >= 4 is 51.7 Å². The summed E-state index contributed by atoms with van der Waals surface area (Å²) in [5.74, 6) is -1.50. The number of hydrogen-bond donors (Lipinski definition) is 1. The van der Waals surface area contributed by atoms with Crippen LogP contribution in [0.5, 0.6) is 0 Å². The third-order valence-corrected chi connectivity index (χ3v) is 5.65. The normalized spacial score (nSPS) is 17.6. The van der Waals surface area contributed by atoms with Gasteiger partial charge in [0.15, 0.2) is 5.17 Å². The molecule has 0 aromatic heterocycles. The molecule has 0 radical (unpaired) electrons. The molecule has 2 aromatic carbocycles. The van der Waals surface area contributed by atoms with Crippen molar-refractivity contribution in [1.82, 2.24) is 0 Å². The average Bonchev–Trinajstić information content (AvgIpc) is 2.91. The van der Waals surface area contributed by atoms with E-state index in [4.69, 9.17) is 11.6 Å². The molecule has 1 fully saturated rings. The van der Waals surface area contributed by atoms with Crippen LogP contribution in [-0.4, -0.2) is 29.3 Å². The van der Waals surface area contributed by atoms with Crippen LogP contribution in [-0.2, 0) is 9.59 Å². The number of hydrogen-bond acceptors (Lipinski definition) is 4. The van der Waals surface area contributed by atoms with Gasteiger partial charge in [0.1, 0.15) is 11.1 Å². The minimum Gasteiger partial charge on any atom is -0.335 e. The number of rotatable bonds is 3. The number of para-hydroxylation sites is 1. The molecule has 0 spiro atoms. The number of anilines is 2. The first-order chi connectivity index (χ1) is 12.9. The molecule has 140 valence electrons. The van der Waals surface area contributed by atoms with Crippen LogP contribution >= 0.6 is 23.4 Å². The minimum atomic E-state index is -0.677. The van der Waals surface area contributed by atoms with Gasteiger partial charge in [0.25, 0.3) is 0 Å². The monoisotopic (exact) mass is 405 g/mol. The van der Waals surface area contributed by atoms with E-state index in [2.05, 4.69) is 10.3 Å². The predicted molar refractivity (Wildman–Crippen MR) is 108 cm³/mol. The molecule has 2 amide bonds. The Morgan fingerprint density at radius 2 is 2.04 bits per heavy atom. The van der Waals surface area contributed by atoms with Gasteiger partial charge in [-0.15, -0.1) is 0 Å². The smallest absolute Gasteiger partial charge is 0.247 e. The summed E-state index contributed by atoms with van der Waals surface area (Å²) in [7, 11) is 1.58. The van der Waals surface area contributed by atoms with Crippen LogP contribution < -0.4 is 10.2 Å². The van der Waals surface area contributed by atoms with Gasteiger partial charge < -0.3 is 5.32 Å². The number of benzene rings is 2. The van der Waals surface area contributed by atoms with Crippen LogP contribution in [0, 0.1) is 12.7 Å². The second kappa shape index (κ2) is 8.10. The first kappa shape index (κ1) is 19.4. The Balaban J connectivity index is 1.75.